The average molecular weight is 663 g/mol. The lowest BCUT2D eigenvalue weighted by Crippen LogP contribution is -2.13. The van der Waals surface area contributed by atoms with Crippen molar-refractivity contribution in [2.75, 3.05) is 5.32 Å². The van der Waals surface area contributed by atoms with Crippen LogP contribution in [0.2, 0.25) is 0 Å². The Labute approximate surface area is 294 Å². The molecular weight excluding hydrogens is 629 g/mol. The summed E-state index contributed by atoms with van der Waals surface area (Å²) in [6.07, 6.45) is 18.7. The number of aromatic nitrogens is 3. The Morgan fingerprint density at radius 3 is 2.30 bits per heavy atom. The van der Waals surface area contributed by atoms with E-state index in [-0.39, 0.29) is 12.0 Å². The van der Waals surface area contributed by atoms with E-state index in [0.29, 0.717) is 5.92 Å². The van der Waals surface area contributed by atoms with Gasteiger partial charge < -0.3 is 9.88 Å². The number of hydrogen-bond acceptors (Lipinski definition) is 4. The van der Waals surface area contributed by atoms with Crippen molar-refractivity contribution in [3.05, 3.63) is 157 Å². The van der Waals surface area contributed by atoms with Crippen LogP contribution in [0.5, 0.6) is 0 Å². The third-order valence-electron chi connectivity index (χ3n) is 10.4. The zero-order valence-corrected chi connectivity index (χ0v) is 28.4. The summed E-state index contributed by atoms with van der Waals surface area (Å²) in [5.41, 5.74) is 8.68. The van der Waals surface area contributed by atoms with Gasteiger partial charge in [0.1, 0.15) is 0 Å². The van der Waals surface area contributed by atoms with Crippen molar-refractivity contribution >= 4 is 75.9 Å². The molecule has 3 unspecified atom stereocenters. The Morgan fingerprint density at radius 1 is 0.680 bits per heavy atom. The fraction of sp³-hybridized carbons (Fsp3) is 0.111. The molecule has 2 aliphatic carbocycles. The monoisotopic (exact) mass is 662 g/mol. The maximum Gasteiger partial charge on any atom is 0.153 e. The van der Waals surface area contributed by atoms with Crippen LogP contribution in [-0.4, -0.2) is 14.5 Å². The summed E-state index contributed by atoms with van der Waals surface area (Å²) in [7, 11) is 0. The molecule has 8 aromatic rings. The number of thiophene rings is 1. The highest BCUT2D eigenvalue weighted by molar-refractivity contribution is 7.26. The molecular formula is C45H34N4S. The van der Waals surface area contributed by atoms with Gasteiger partial charge in [0.25, 0.3) is 0 Å². The van der Waals surface area contributed by atoms with Gasteiger partial charge in [0, 0.05) is 59.1 Å². The molecule has 0 fully saturated rings. The SMILES string of the molecule is CC1C=CC=CC1c1nc2ccccc2nc1Nc1ccc2c(sc3ccccc32)c1-c1ccc2c(c1)c1ccccc1n2C1C=CC=CC1. The van der Waals surface area contributed by atoms with E-state index in [1.165, 1.54) is 53.1 Å². The van der Waals surface area contributed by atoms with E-state index in [1.54, 1.807) is 0 Å². The highest BCUT2D eigenvalue weighted by Gasteiger charge is 2.25. The fourth-order valence-corrected chi connectivity index (χ4v) is 9.25. The molecule has 0 saturated heterocycles. The van der Waals surface area contributed by atoms with Crippen LogP contribution >= 0.6 is 11.3 Å². The molecule has 0 bridgehead atoms. The minimum absolute atomic E-state index is 0.113. The van der Waals surface area contributed by atoms with E-state index in [9.17, 15) is 0 Å². The van der Waals surface area contributed by atoms with E-state index in [4.69, 9.17) is 9.97 Å². The van der Waals surface area contributed by atoms with E-state index < -0.39 is 0 Å². The van der Waals surface area contributed by atoms with Crippen LogP contribution < -0.4 is 5.32 Å². The van der Waals surface area contributed by atoms with Crippen molar-refractivity contribution in [1.29, 1.82) is 0 Å². The highest BCUT2D eigenvalue weighted by atomic mass is 32.1. The van der Waals surface area contributed by atoms with Crippen LogP contribution in [0.4, 0.5) is 11.5 Å². The van der Waals surface area contributed by atoms with Gasteiger partial charge in [-0.05, 0) is 60.4 Å². The Morgan fingerprint density at radius 2 is 1.44 bits per heavy atom. The van der Waals surface area contributed by atoms with Crippen molar-refractivity contribution < 1.29 is 0 Å². The number of nitrogens with zero attached hydrogens (tertiary/aromatic N) is 3. The number of fused-ring (bicyclic) bond motifs is 7. The molecule has 50 heavy (non-hydrogen) atoms. The van der Waals surface area contributed by atoms with Crippen molar-refractivity contribution in [3.63, 3.8) is 0 Å². The first kappa shape index (κ1) is 29.2. The number of para-hydroxylation sites is 3. The quantitative estimate of drug-likeness (QED) is 0.199. The van der Waals surface area contributed by atoms with Crippen molar-refractivity contribution in [2.24, 2.45) is 5.92 Å². The first-order valence-electron chi connectivity index (χ1n) is 17.4. The Bertz CT molecular complexity index is 2760. The predicted octanol–water partition coefficient (Wildman–Crippen LogP) is 12.4. The summed E-state index contributed by atoms with van der Waals surface area (Å²) in [6, 6.07) is 37.6. The van der Waals surface area contributed by atoms with Gasteiger partial charge in [-0.2, -0.15) is 0 Å². The van der Waals surface area contributed by atoms with Gasteiger partial charge in [-0.25, -0.2) is 9.97 Å². The third-order valence-corrected chi connectivity index (χ3v) is 11.6. The zero-order valence-electron chi connectivity index (χ0n) is 27.6. The summed E-state index contributed by atoms with van der Waals surface area (Å²) in [5.74, 6) is 1.22. The molecule has 0 amide bonds. The number of hydrogen-bond donors (Lipinski definition) is 1. The van der Waals surface area contributed by atoms with Crippen LogP contribution in [0.3, 0.4) is 0 Å². The molecule has 2 aliphatic rings. The van der Waals surface area contributed by atoms with Crippen LogP contribution in [0.15, 0.2) is 152 Å². The molecule has 3 aromatic heterocycles. The van der Waals surface area contributed by atoms with E-state index >= 15 is 0 Å². The summed E-state index contributed by atoms with van der Waals surface area (Å²) in [5, 5.41) is 8.98. The molecule has 5 heteroatoms. The van der Waals surface area contributed by atoms with Gasteiger partial charge >= 0.3 is 0 Å². The number of nitrogens with one attached hydrogen (secondary N) is 1. The topological polar surface area (TPSA) is 42.7 Å². The molecule has 3 atom stereocenters. The second-order valence-corrected chi connectivity index (χ2v) is 14.5. The maximum absolute atomic E-state index is 5.25. The molecule has 0 spiro atoms. The molecule has 1 N–H and O–H groups in total. The predicted molar refractivity (Wildman–Crippen MR) is 213 cm³/mol. The fourth-order valence-electron chi connectivity index (χ4n) is 7.98. The largest absolute Gasteiger partial charge is 0.338 e. The lowest BCUT2D eigenvalue weighted by atomic mass is 9.87. The Kier molecular flexibility index (Phi) is 6.81. The average Bonchev–Trinajstić information content (AvgIpc) is 3.70. The second-order valence-electron chi connectivity index (χ2n) is 13.4. The van der Waals surface area contributed by atoms with Gasteiger partial charge in [0.2, 0.25) is 0 Å². The molecule has 0 radical (unpaired) electrons. The summed E-state index contributed by atoms with van der Waals surface area (Å²) in [6.45, 7) is 2.26. The normalized spacial score (nSPS) is 18.7. The zero-order chi connectivity index (χ0) is 33.2. The lowest BCUT2D eigenvalue weighted by Gasteiger charge is -2.23. The third kappa shape index (κ3) is 4.65. The Hall–Kier alpha value is -5.78. The minimum atomic E-state index is 0.113. The van der Waals surface area contributed by atoms with E-state index in [2.05, 4.69) is 156 Å². The first-order chi connectivity index (χ1) is 24.7. The molecule has 0 saturated carbocycles. The van der Waals surface area contributed by atoms with Crippen LogP contribution in [0, 0.1) is 5.92 Å². The number of benzene rings is 5. The second kappa shape index (κ2) is 11.7. The number of anilines is 2. The summed E-state index contributed by atoms with van der Waals surface area (Å²) >= 11 is 1.86. The first-order valence-corrected chi connectivity index (χ1v) is 18.2. The van der Waals surface area contributed by atoms with Gasteiger partial charge in [-0.3, -0.25) is 0 Å². The van der Waals surface area contributed by atoms with Crippen molar-refractivity contribution in [3.8, 4) is 11.1 Å². The maximum atomic E-state index is 5.25. The molecule has 4 nitrogen and oxygen atoms in total. The van der Waals surface area contributed by atoms with E-state index in [0.717, 1.165) is 34.7 Å². The number of allylic oxidation sites excluding steroid dienone is 8. The van der Waals surface area contributed by atoms with Gasteiger partial charge in [-0.1, -0.05) is 116 Å². The number of rotatable bonds is 5. The van der Waals surface area contributed by atoms with Crippen molar-refractivity contribution in [2.45, 2.75) is 25.3 Å². The van der Waals surface area contributed by atoms with Crippen LogP contribution in [0.1, 0.15) is 31.0 Å². The standard InChI is InChI=1S/C45H34N4S/c1-28-13-5-6-16-31(28)43-45(47-37-20-10-9-19-36(37)46-43)48-38-25-24-34-33-18-8-12-22-41(33)50-44(34)42(38)29-23-26-40-35(27-29)32-17-7-11-21-39(32)49(40)30-14-3-2-4-15-30/h2-14,16-28,30-31H,15H2,1H3,(H,47,48). The van der Waals surface area contributed by atoms with Crippen molar-refractivity contribution in [1.82, 2.24) is 14.5 Å². The molecule has 240 valence electrons. The van der Waals surface area contributed by atoms with Gasteiger partial charge in [-0.15, -0.1) is 11.3 Å². The van der Waals surface area contributed by atoms with Crippen LogP contribution in [-0.2, 0) is 0 Å². The van der Waals surface area contributed by atoms with Gasteiger partial charge in [0.05, 0.1) is 22.8 Å². The molecule has 3 heterocycles. The molecule has 5 aromatic carbocycles. The Balaban J connectivity index is 1.21. The summed E-state index contributed by atoms with van der Waals surface area (Å²) < 4.78 is 5.07. The van der Waals surface area contributed by atoms with E-state index in [1.807, 2.05) is 23.5 Å². The molecule has 10 rings (SSSR count). The van der Waals surface area contributed by atoms with Crippen LogP contribution in [0.25, 0.3) is 64.1 Å². The summed E-state index contributed by atoms with van der Waals surface area (Å²) in [4.78, 5) is 10.5. The lowest BCUT2D eigenvalue weighted by molar-refractivity contribution is 0.622. The van der Waals surface area contributed by atoms with Gasteiger partial charge in [0.15, 0.2) is 5.82 Å². The minimum Gasteiger partial charge on any atom is -0.338 e. The highest BCUT2D eigenvalue weighted by Crippen LogP contribution is 2.47. The smallest absolute Gasteiger partial charge is 0.153 e. The molecule has 0 aliphatic heterocycles.